The first-order chi connectivity index (χ1) is 11.0. The van der Waals surface area contributed by atoms with Gasteiger partial charge in [0, 0.05) is 18.1 Å². The molecule has 1 aromatic rings. The highest BCUT2D eigenvalue weighted by molar-refractivity contribution is 6.29. The molecule has 1 aliphatic heterocycles. The van der Waals surface area contributed by atoms with Crippen LogP contribution in [0.3, 0.4) is 0 Å². The van der Waals surface area contributed by atoms with E-state index < -0.39 is 5.91 Å². The number of fused-ring (bicyclic) bond motifs is 1. The normalized spacial score (nSPS) is 18.7. The first-order valence-corrected chi connectivity index (χ1v) is 8.20. The topological polar surface area (TPSA) is 72.9 Å². The van der Waals surface area contributed by atoms with Crippen molar-refractivity contribution in [2.75, 3.05) is 6.54 Å². The number of primary amides is 1. The lowest BCUT2D eigenvalue weighted by atomic mass is 10.0. The van der Waals surface area contributed by atoms with E-state index in [1.54, 1.807) is 0 Å². The Morgan fingerprint density at radius 1 is 1.48 bits per heavy atom. The van der Waals surface area contributed by atoms with Gasteiger partial charge in [-0.2, -0.15) is 5.10 Å². The number of hydrogen-bond donors (Lipinski definition) is 2. The maximum absolute atomic E-state index is 11.9. The Labute approximate surface area is 140 Å². The highest BCUT2D eigenvalue weighted by Crippen LogP contribution is 2.39. The zero-order chi connectivity index (χ0) is 16.6. The molecule has 0 saturated heterocycles. The van der Waals surface area contributed by atoms with E-state index in [-0.39, 0.29) is 0 Å². The van der Waals surface area contributed by atoms with Gasteiger partial charge in [0.2, 0.25) is 0 Å². The van der Waals surface area contributed by atoms with Gasteiger partial charge < -0.3 is 11.1 Å². The fourth-order valence-electron chi connectivity index (χ4n) is 2.93. The maximum atomic E-state index is 11.9. The number of nitrogens with two attached hydrogens (primary N) is 1. The monoisotopic (exact) mass is 332 g/mol. The molecule has 1 fully saturated rings. The molecular formula is C17H21ClN4O. The molecule has 2 heterocycles. The van der Waals surface area contributed by atoms with Crippen LogP contribution in [0, 0.1) is 5.92 Å². The standard InChI is InChI=1S/C17H21ClN4O/c1-10(3-6-13(11(2)18)12-4-5-12)16-15(17(19)23)14-9-20-7-8-22(14)21-16/h3,6,12,20H,1,4-5,7-9H2,2H3,(H2,19,23). The van der Waals surface area contributed by atoms with Crippen LogP contribution in [0.25, 0.3) is 5.57 Å². The Morgan fingerprint density at radius 2 is 2.22 bits per heavy atom. The SMILES string of the molecule is C=C(C=CC(=C(C)Cl)C1CC1)c1nn2c(c1C(N)=O)CNCC2. The van der Waals surface area contributed by atoms with Gasteiger partial charge in [0.05, 0.1) is 17.8 Å². The van der Waals surface area contributed by atoms with Crippen LogP contribution in [-0.2, 0) is 13.1 Å². The lowest BCUT2D eigenvalue weighted by molar-refractivity contribution is 0.0998. The third-order valence-corrected chi connectivity index (χ3v) is 4.50. The molecule has 5 nitrogen and oxygen atoms in total. The van der Waals surface area contributed by atoms with Gasteiger partial charge in [-0.1, -0.05) is 30.3 Å². The fraction of sp³-hybridized carbons (Fsp3) is 0.412. The molecule has 0 radical (unpaired) electrons. The van der Waals surface area contributed by atoms with Crippen LogP contribution in [0.5, 0.6) is 0 Å². The van der Waals surface area contributed by atoms with Crippen molar-refractivity contribution in [3.63, 3.8) is 0 Å². The summed E-state index contributed by atoms with van der Waals surface area (Å²) in [4.78, 5) is 11.9. The molecule has 122 valence electrons. The Bertz CT molecular complexity index is 721. The van der Waals surface area contributed by atoms with Crippen molar-refractivity contribution >= 4 is 23.1 Å². The average molecular weight is 333 g/mol. The van der Waals surface area contributed by atoms with E-state index in [4.69, 9.17) is 17.3 Å². The van der Waals surface area contributed by atoms with E-state index in [0.29, 0.717) is 29.3 Å². The molecule has 0 unspecified atom stereocenters. The zero-order valence-corrected chi connectivity index (χ0v) is 14.0. The highest BCUT2D eigenvalue weighted by Gasteiger charge is 2.27. The summed E-state index contributed by atoms with van der Waals surface area (Å²) in [7, 11) is 0. The summed E-state index contributed by atoms with van der Waals surface area (Å²) in [6.45, 7) is 8.11. The average Bonchev–Trinajstić information content (AvgIpc) is 3.25. The first kappa shape index (κ1) is 16.0. The van der Waals surface area contributed by atoms with E-state index in [1.807, 2.05) is 23.8 Å². The third-order valence-electron chi connectivity index (χ3n) is 4.28. The second kappa shape index (κ2) is 6.34. The Kier molecular flexibility index (Phi) is 4.41. The molecule has 0 spiro atoms. The van der Waals surface area contributed by atoms with E-state index in [9.17, 15) is 4.79 Å². The van der Waals surface area contributed by atoms with Crippen molar-refractivity contribution < 1.29 is 4.79 Å². The van der Waals surface area contributed by atoms with Crippen LogP contribution in [-0.4, -0.2) is 22.2 Å². The Balaban J connectivity index is 1.92. The lowest BCUT2D eigenvalue weighted by Gasteiger charge is -2.15. The summed E-state index contributed by atoms with van der Waals surface area (Å²) in [5.41, 5.74) is 9.25. The number of nitrogens with zero attached hydrogens (tertiary/aromatic N) is 2. The number of aromatic nitrogens is 2. The third kappa shape index (κ3) is 3.26. The molecule has 0 atom stereocenters. The second-order valence-electron chi connectivity index (χ2n) is 6.06. The van der Waals surface area contributed by atoms with Gasteiger partial charge in [-0.15, -0.1) is 0 Å². The van der Waals surface area contributed by atoms with Crippen LogP contribution in [0.4, 0.5) is 0 Å². The van der Waals surface area contributed by atoms with Gasteiger partial charge in [0.1, 0.15) is 5.69 Å². The Morgan fingerprint density at radius 3 is 2.83 bits per heavy atom. The van der Waals surface area contributed by atoms with Gasteiger partial charge in [0.25, 0.3) is 5.91 Å². The molecule has 0 bridgehead atoms. The van der Waals surface area contributed by atoms with E-state index in [1.165, 1.54) is 12.8 Å². The van der Waals surface area contributed by atoms with Gasteiger partial charge >= 0.3 is 0 Å². The van der Waals surface area contributed by atoms with E-state index in [0.717, 1.165) is 29.4 Å². The van der Waals surface area contributed by atoms with Crippen molar-refractivity contribution in [2.24, 2.45) is 11.7 Å². The molecule has 0 aromatic carbocycles. The minimum absolute atomic E-state index is 0.464. The molecule has 3 N–H and O–H groups in total. The van der Waals surface area contributed by atoms with Crippen LogP contribution in [0.2, 0.25) is 0 Å². The number of hydrogen-bond acceptors (Lipinski definition) is 3. The van der Waals surface area contributed by atoms with Gasteiger partial charge in [-0.25, -0.2) is 0 Å². The zero-order valence-electron chi connectivity index (χ0n) is 13.2. The number of carbonyl (C=O) groups excluding carboxylic acids is 1. The van der Waals surface area contributed by atoms with Crippen molar-refractivity contribution in [3.05, 3.63) is 46.3 Å². The van der Waals surface area contributed by atoms with Crippen LogP contribution in [0.15, 0.2) is 29.3 Å². The number of carbonyl (C=O) groups is 1. The quantitative estimate of drug-likeness (QED) is 0.814. The molecule has 6 heteroatoms. The summed E-state index contributed by atoms with van der Waals surface area (Å²) in [6.07, 6.45) is 6.22. The molecule has 23 heavy (non-hydrogen) atoms. The minimum atomic E-state index is -0.467. The van der Waals surface area contributed by atoms with Crippen LogP contribution in [0.1, 0.15) is 41.5 Å². The van der Waals surface area contributed by atoms with Crippen LogP contribution >= 0.6 is 11.6 Å². The number of allylic oxidation sites excluding steroid dienone is 5. The minimum Gasteiger partial charge on any atom is -0.365 e. The second-order valence-corrected chi connectivity index (χ2v) is 6.62. The van der Waals surface area contributed by atoms with Gasteiger partial charge in [0.15, 0.2) is 0 Å². The predicted molar refractivity (Wildman–Crippen MR) is 91.9 cm³/mol. The summed E-state index contributed by atoms with van der Waals surface area (Å²) in [6, 6.07) is 0. The molecule has 1 aliphatic carbocycles. The van der Waals surface area contributed by atoms with Crippen molar-refractivity contribution in [3.8, 4) is 0 Å². The number of nitrogens with one attached hydrogen (secondary N) is 1. The summed E-state index contributed by atoms with van der Waals surface area (Å²) in [5.74, 6) is 0.0811. The molecule has 3 rings (SSSR count). The van der Waals surface area contributed by atoms with Crippen molar-refractivity contribution in [1.82, 2.24) is 15.1 Å². The van der Waals surface area contributed by atoms with Crippen LogP contribution < -0.4 is 11.1 Å². The fourth-order valence-corrected chi connectivity index (χ4v) is 3.15. The number of rotatable bonds is 5. The maximum Gasteiger partial charge on any atom is 0.252 e. The summed E-state index contributed by atoms with van der Waals surface area (Å²) in [5, 5.41) is 8.57. The lowest BCUT2D eigenvalue weighted by Crippen LogP contribution is -2.30. The van der Waals surface area contributed by atoms with Crippen molar-refractivity contribution in [2.45, 2.75) is 32.9 Å². The molecular weight excluding hydrogens is 312 g/mol. The highest BCUT2D eigenvalue weighted by atomic mass is 35.5. The molecule has 1 saturated carbocycles. The Hall–Kier alpha value is -1.85. The largest absolute Gasteiger partial charge is 0.365 e. The smallest absolute Gasteiger partial charge is 0.252 e. The summed E-state index contributed by atoms with van der Waals surface area (Å²) < 4.78 is 1.84. The van der Waals surface area contributed by atoms with Crippen molar-refractivity contribution in [1.29, 1.82) is 0 Å². The van der Waals surface area contributed by atoms with Gasteiger partial charge in [-0.3, -0.25) is 9.48 Å². The predicted octanol–water partition coefficient (Wildman–Crippen LogP) is 2.58. The number of amides is 1. The first-order valence-electron chi connectivity index (χ1n) is 7.83. The molecule has 1 aromatic heterocycles. The molecule has 2 aliphatic rings. The van der Waals surface area contributed by atoms with E-state index >= 15 is 0 Å². The molecule has 1 amide bonds. The summed E-state index contributed by atoms with van der Waals surface area (Å²) >= 11 is 6.17. The van der Waals surface area contributed by atoms with Gasteiger partial charge in [-0.05, 0) is 36.8 Å². The van der Waals surface area contributed by atoms with E-state index in [2.05, 4.69) is 17.0 Å². The number of halogens is 1.